The topological polar surface area (TPSA) is 67.2 Å². The van der Waals surface area contributed by atoms with Crippen LogP contribution >= 0.6 is 28.1 Å². The Morgan fingerprint density at radius 3 is 2.83 bits per heavy atom. The minimum absolute atomic E-state index is 0.0503. The summed E-state index contributed by atoms with van der Waals surface area (Å²) in [6, 6.07) is 5.52. The third-order valence-corrected chi connectivity index (χ3v) is 2.97. The van der Waals surface area contributed by atoms with Gasteiger partial charge < -0.3 is 16.4 Å². The van der Waals surface area contributed by atoms with Crippen LogP contribution in [0.3, 0.4) is 0 Å². The number of rotatable bonds is 6. The maximum atomic E-state index is 11.5. The molecule has 0 saturated heterocycles. The fourth-order valence-electron chi connectivity index (χ4n) is 1.38. The van der Waals surface area contributed by atoms with Gasteiger partial charge in [-0.2, -0.15) is 0 Å². The predicted octanol–water partition coefficient (Wildman–Crippen LogP) is 2.02. The first-order valence-corrected chi connectivity index (χ1v) is 6.84. The van der Waals surface area contributed by atoms with Crippen molar-refractivity contribution in [2.45, 2.75) is 13.3 Å². The van der Waals surface area contributed by atoms with E-state index in [9.17, 15) is 4.79 Å². The van der Waals surface area contributed by atoms with Crippen LogP contribution in [-0.2, 0) is 4.79 Å². The van der Waals surface area contributed by atoms with Crippen molar-refractivity contribution in [3.63, 3.8) is 0 Å². The third-order valence-electron chi connectivity index (χ3n) is 2.26. The predicted molar refractivity (Wildman–Crippen MR) is 81.8 cm³/mol. The number of carbonyl (C=O) groups is 1. The number of anilines is 1. The van der Waals surface area contributed by atoms with Gasteiger partial charge in [-0.15, -0.1) is 0 Å². The maximum Gasteiger partial charge on any atom is 0.239 e. The van der Waals surface area contributed by atoms with Crippen molar-refractivity contribution >= 4 is 44.7 Å². The Morgan fingerprint density at radius 2 is 2.22 bits per heavy atom. The molecule has 0 aliphatic rings. The Kier molecular flexibility index (Phi) is 6.07. The van der Waals surface area contributed by atoms with Crippen LogP contribution in [-0.4, -0.2) is 24.0 Å². The Labute approximate surface area is 120 Å². The van der Waals surface area contributed by atoms with Crippen LogP contribution in [0.4, 0.5) is 5.69 Å². The van der Waals surface area contributed by atoms with E-state index in [4.69, 9.17) is 18.0 Å². The lowest BCUT2D eigenvalue weighted by Crippen LogP contribution is -2.30. The highest BCUT2D eigenvalue weighted by molar-refractivity contribution is 9.10. The summed E-state index contributed by atoms with van der Waals surface area (Å²) in [5.41, 5.74) is 7.11. The quantitative estimate of drug-likeness (QED) is 0.698. The average Bonchev–Trinajstić information content (AvgIpc) is 2.33. The Morgan fingerprint density at radius 1 is 1.50 bits per heavy atom. The number of hydrogen-bond acceptors (Lipinski definition) is 3. The van der Waals surface area contributed by atoms with Crippen LogP contribution in [0.25, 0.3) is 0 Å². The monoisotopic (exact) mass is 329 g/mol. The number of hydrogen-bond donors (Lipinski definition) is 3. The van der Waals surface area contributed by atoms with Gasteiger partial charge in [-0.05, 0) is 24.6 Å². The highest BCUT2D eigenvalue weighted by Gasteiger charge is 2.07. The molecule has 1 rings (SSSR count). The summed E-state index contributed by atoms with van der Waals surface area (Å²) in [5.74, 6) is -0.0503. The number of nitrogens with two attached hydrogens (primary N) is 1. The molecule has 0 unspecified atom stereocenters. The average molecular weight is 330 g/mol. The summed E-state index contributed by atoms with van der Waals surface area (Å²) in [6.07, 6.45) is 0.917. The summed E-state index contributed by atoms with van der Waals surface area (Å²) in [6.45, 7) is 2.89. The molecule has 1 aromatic rings. The van der Waals surface area contributed by atoms with Gasteiger partial charge in [-0.1, -0.05) is 35.1 Å². The van der Waals surface area contributed by atoms with Crippen LogP contribution in [0.1, 0.15) is 18.9 Å². The number of amides is 1. The van der Waals surface area contributed by atoms with Gasteiger partial charge in [-0.25, -0.2) is 0 Å². The fraction of sp³-hybridized carbons (Fsp3) is 0.333. The van der Waals surface area contributed by atoms with E-state index >= 15 is 0 Å². The SMILES string of the molecule is CCCNC(=O)CNc1cc(Br)ccc1C(N)=S. The summed E-state index contributed by atoms with van der Waals surface area (Å²) in [7, 11) is 0. The molecular weight excluding hydrogens is 314 g/mol. The molecule has 0 atom stereocenters. The van der Waals surface area contributed by atoms with E-state index in [1.807, 2.05) is 25.1 Å². The normalized spacial score (nSPS) is 9.89. The van der Waals surface area contributed by atoms with Crippen LogP contribution in [0, 0.1) is 0 Å². The molecule has 6 heteroatoms. The fourth-order valence-corrected chi connectivity index (χ4v) is 1.92. The van der Waals surface area contributed by atoms with E-state index in [1.165, 1.54) is 0 Å². The zero-order valence-electron chi connectivity index (χ0n) is 10.1. The van der Waals surface area contributed by atoms with E-state index in [2.05, 4.69) is 26.6 Å². The van der Waals surface area contributed by atoms with Crippen LogP contribution < -0.4 is 16.4 Å². The van der Waals surface area contributed by atoms with Crippen LogP contribution in [0.15, 0.2) is 22.7 Å². The van der Waals surface area contributed by atoms with Crippen LogP contribution in [0.5, 0.6) is 0 Å². The molecule has 18 heavy (non-hydrogen) atoms. The molecule has 0 saturated carbocycles. The van der Waals surface area contributed by atoms with Gasteiger partial charge in [0.05, 0.1) is 6.54 Å². The zero-order chi connectivity index (χ0) is 13.5. The van der Waals surface area contributed by atoms with Gasteiger partial charge in [0.15, 0.2) is 0 Å². The standard InChI is InChI=1S/C12H16BrN3OS/c1-2-5-15-11(17)7-16-10-6-8(13)3-4-9(10)12(14)18/h3-4,6,16H,2,5,7H2,1H3,(H2,14,18)(H,15,17). The second kappa shape index (κ2) is 7.33. The largest absolute Gasteiger partial charge is 0.389 e. The number of thiocarbonyl (C=S) groups is 1. The molecule has 0 heterocycles. The molecule has 0 aliphatic heterocycles. The summed E-state index contributed by atoms with van der Waals surface area (Å²) >= 11 is 8.33. The molecule has 0 radical (unpaired) electrons. The summed E-state index contributed by atoms with van der Waals surface area (Å²) < 4.78 is 0.902. The third kappa shape index (κ3) is 4.62. The van der Waals surface area contributed by atoms with E-state index in [0.29, 0.717) is 11.5 Å². The van der Waals surface area contributed by atoms with Crippen LogP contribution in [0.2, 0.25) is 0 Å². The van der Waals surface area contributed by atoms with E-state index in [0.717, 1.165) is 22.1 Å². The van der Waals surface area contributed by atoms with Crippen molar-refractivity contribution in [1.29, 1.82) is 0 Å². The van der Waals surface area contributed by atoms with E-state index in [1.54, 1.807) is 0 Å². The zero-order valence-corrected chi connectivity index (χ0v) is 12.5. The van der Waals surface area contributed by atoms with Crippen molar-refractivity contribution in [2.75, 3.05) is 18.4 Å². The molecule has 0 spiro atoms. The number of nitrogens with one attached hydrogen (secondary N) is 2. The van der Waals surface area contributed by atoms with E-state index in [-0.39, 0.29) is 12.5 Å². The second-order valence-corrected chi connectivity index (χ2v) is 5.11. The molecular formula is C12H16BrN3OS. The Bertz CT molecular complexity index is 451. The van der Waals surface area contributed by atoms with Crippen molar-refractivity contribution in [3.05, 3.63) is 28.2 Å². The number of halogens is 1. The first kappa shape index (κ1) is 14.9. The lowest BCUT2D eigenvalue weighted by atomic mass is 10.2. The smallest absolute Gasteiger partial charge is 0.239 e. The molecule has 0 bridgehead atoms. The molecule has 0 fully saturated rings. The van der Waals surface area contributed by atoms with Crippen molar-refractivity contribution in [2.24, 2.45) is 5.73 Å². The Hall–Kier alpha value is -1.14. The van der Waals surface area contributed by atoms with E-state index < -0.39 is 0 Å². The molecule has 0 aromatic heterocycles. The number of carbonyl (C=O) groups excluding carboxylic acids is 1. The van der Waals surface area contributed by atoms with Gasteiger partial charge >= 0.3 is 0 Å². The highest BCUT2D eigenvalue weighted by Crippen LogP contribution is 2.21. The molecule has 98 valence electrons. The molecule has 0 aliphatic carbocycles. The van der Waals surface area contributed by atoms with Gasteiger partial charge in [0.25, 0.3) is 0 Å². The molecule has 4 nitrogen and oxygen atoms in total. The van der Waals surface area contributed by atoms with Gasteiger partial charge in [-0.3, -0.25) is 4.79 Å². The second-order valence-electron chi connectivity index (χ2n) is 3.76. The van der Waals surface area contributed by atoms with Crippen molar-refractivity contribution in [1.82, 2.24) is 5.32 Å². The first-order valence-electron chi connectivity index (χ1n) is 5.64. The lowest BCUT2D eigenvalue weighted by Gasteiger charge is -2.11. The minimum Gasteiger partial charge on any atom is -0.389 e. The Balaban J connectivity index is 2.68. The van der Waals surface area contributed by atoms with Gasteiger partial charge in [0, 0.05) is 22.3 Å². The summed E-state index contributed by atoms with van der Waals surface area (Å²) in [4.78, 5) is 11.8. The van der Waals surface area contributed by atoms with Gasteiger partial charge in [0.2, 0.25) is 5.91 Å². The lowest BCUT2D eigenvalue weighted by molar-refractivity contribution is -0.119. The number of benzene rings is 1. The van der Waals surface area contributed by atoms with Gasteiger partial charge in [0.1, 0.15) is 4.99 Å². The summed E-state index contributed by atoms with van der Waals surface area (Å²) in [5, 5.41) is 5.82. The molecule has 4 N–H and O–H groups in total. The first-order chi connectivity index (χ1) is 8.54. The minimum atomic E-state index is -0.0503. The van der Waals surface area contributed by atoms with Crippen molar-refractivity contribution < 1.29 is 4.79 Å². The maximum absolute atomic E-state index is 11.5. The van der Waals surface area contributed by atoms with Crippen molar-refractivity contribution in [3.8, 4) is 0 Å². The highest BCUT2D eigenvalue weighted by atomic mass is 79.9. The molecule has 1 amide bonds. The molecule has 1 aromatic carbocycles.